The van der Waals surface area contributed by atoms with Crippen molar-refractivity contribution in [3.05, 3.63) is 24.0 Å². The standard InChI is InChI=1S/C14H22N2O/c1-15-10-12-8-9-14(11-16-12)17-13-6-4-2-3-5-7-13/h8-9,11,13,15H,2-7,10H2,1H3. The molecule has 1 aliphatic rings. The highest BCUT2D eigenvalue weighted by molar-refractivity contribution is 5.20. The largest absolute Gasteiger partial charge is 0.489 e. The van der Waals surface area contributed by atoms with Gasteiger partial charge in [-0.1, -0.05) is 12.8 Å². The molecule has 17 heavy (non-hydrogen) atoms. The van der Waals surface area contributed by atoms with Gasteiger partial charge in [0, 0.05) is 6.54 Å². The van der Waals surface area contributed by atoms with Gasteiger partial charge in [-0.2, -0.15) is 0 Å². The van der Waals surface area contributed by atoms with Crippen LogP contribution in [0.4, 0.5) is 0 Å². The third-order valence-corrected chi connectivity index (χ3v) is 3.26. The fourth-order valence-corrected chi connectivity index (χ4v) is 2.32. The molecule has 1 aromatic heterocycles. The molecule has 3 nitrogen and oxygen atoms in total. The van der Waals surface area contributed by atoms with Crippen molar-refractivity contribution in [1.29, 1.82) is 0 Å². The second-order valence-corrected chi connectivity index (χ2v) is 4.75. The summed E-state index contributed by atoms with van der Waals surface area (Å²) >= 11 is 0. The van der Waals surface area contributed by atoms with Crippen molar-refractivity contribution >= 4 is 0 Å². The Hall–Kier alpha value is -1.09. The molecular weight excluding hydrogens is 212 g/mol. The van der Waals surface area contributed by atoms with Crippen molar-refractivity contribution < 1.29 is 4.74 Å². The first-order chi connectivity index (χ1) is 8.38. The van der Waals surface area contributed by atoms with Crippen LogP contribution in [0, 0.1) is 0 Å². The quantitative estimate of drug-likeness (QED) is 0.813. The first kappa shape index (κ1) is 12.4. The Morgan fingerprint density at radius 1 is 1.24 bits per heavy atom. The zero-order chi connectivity index (χ0) is 11.9. The van der Waals surface area contributed by atoms with E-state index in [0.29, 0.717) is 6.10 Å². The highest BCUT2D eigenvalue weighted by Gasteiger charge is 2.13. The van der Waals surface area contributed by atoms with E-state index in [4.69, 9.17) is 4.74 Å². The number of nitrogens with zero attached hydrogens (tertiary/aromatic N) is 1. The molecule has 0 aromatic carbocycles. The Morgan fingerprint density at radius 3 is 2.59 bits per heavy atom. The fraction of sp³-hybridized carbons (Fsp3) is 0.643. The van der Waals surface area contributed by atoms with Gasteiger partial charge in [0.2, 0.25) is 0 Å². The number of pyridine rings is 1. The number of hydrogen-bond donors (Lipinski definition) is 1. The van der Waals surface area contributed by atoms with Crippen LogP contribution < -0.4 is 10.1 Å². The van der Waals surface area contributed by atoms with E-state index in [1.165, 1.54) is 38.5 Å². The summed E-state index contributed by atoms with van der Waals surface area (Å²) < 4.78 is 5.99. The van der Waals surface area contributed by atoms with E-state index in [1.807, 2.05) is 25.4 Å². The van der Waals surface area contributed by atoms with E-state index < -0.39 is 0 Å². The molecule has 0 aliphatic heterocycles. The van der Waals surface area contributed by atoms with Crippen LogP contribution in [0.3, 0.4) is 0 Å². The summed E-state index contributed by atoms with van der Waals surface area (Å²) in [5, 5.41) is 3.09. The highest BCUT2D eigenvalue weighted by atomic mass is 16.5. The molecule has 0 radical (unpaired) electrons. The van der Waals surface area contributed by atoms with Crippen molar-refractivity contribution in [1.82, 2.24) is 10.3 Å². The van der Waals surface area contributed by atoms with Crippen LogP contribution in [0.15, 0.2) is 18.3 Å². The molecule has 1 saturated carbocycles. The molecule has 0 bridgehead atoms. The summed E-state index contributed by atoms with van der Waals surface area (Å²) in [6.07, 6.45) is 9.95. The van der Waals surface area contributed by atoms with Crippen LogP contribution in [0.2, 0.25) is 0 Å². The molecule has 0 spiro atoms. The van der Waals surface area contributed by atoms with E-state index in [0.717, 1.165) is 18.0 Å². The van der Waals surface area contributed by atoms with Gasteiger partial charge in [-0.25, -0.2) is 0 Å². The van der Waals surface area contributed by atoms with E-state index in [2.05, 4.69) is 10.3 Å². The fourth-order valence-electron chi connectivity index (χ4n) is 2.32. The molecule has 0 unspecified atom stereocenters. The predicted molar refractivity (Wildman–Crippen MR) is 69.1 cm³/mol. The summed E-state index contributed by atoms with van der Waals surface area (Å²) in [7, 11) is 1.93. The average molecular weight is 234 g/mol. The van der Waals surface area contributed by atoms with Crippen LogP contribution in [0.25, 0.3) is 0 Å². The second kappa shape index (κ2) is 6.60. The Labute approximate surface area is 104 Å². The van der Waals surface area contributed by atoms with E-state index in [1.54, 1.807) is 0 Å². The lowest BCUT2D eigenvalue weighted by molar-refractivity contribution is 0.183. The third kappa shape index (κ3) is 4.00. The van der Waals surface area contributed by atoms with Gasteiger partial charge in [0.25, 0.3) is 0 Å². The summed E-state index contributed by atoms with van der Waals surface area (Å²) in [5.41, 5.74) is 1.06. The SMILES string of the molecule is CNCc1ccc(OC2CCCCCC2)cn1. The van der Waals surface area contributed by atoms with Gasteiger partial charge in [0.05, 0.1) is 18.0 Å². The maximum absolute atomic E-state index is 5.99. The number of aromatic nitrogens is 1. The summed E-state index contributed by atoms with van der Waals surface area (Å²) in [6.45, 7) is 0.809. The van der Waals surface area contributed by atoms with Crippen LogP contribution in [0.1, 0.15) is 44.2 Å². The molecule has 0 atom stereocenters. The monoisotopic (exact) mass is 234 g/mol. The van der Waals surface area contributed by atoms with Gasteiger partial charge < -0.3 is 10.1 Å². The normalized spacial score (nSPS) is 17.7. The minimum Gasteiger partial charge on any atom is -0.489 e. The van der Waals surface area contributed by atoms with Gasteiger partial charge in [-0.3, -0.25) is 4.98 Å². The molecule has 1 N–H and O–H groups in total. The van der Waals surface area contributed by atoms with Gasteiger partial charge in [0.1, 0.15) is 5.75 Å². The second-order valence-electron chi connectivity index (χ2n) is 4.75. The number of rotatable bonds is 4. The molecule has 2 rings (SSSR count). The van der Waals surface area contributed by atoms with Crippen LogP contribution in [-0.2, 0) is 6.54 Å². The Kier molecular flexibility index (Phi) is 4.80. The summed E-state index contributed by atoms with van der Waals surface area (Å²) in [6, 6.07) is 4.06. The first-order valence-electron chi connectivity index (χ1n) is 6.64. The minimum absolute atomic E-state index is 0.398. The van der Waals surface area contributed by atoms with Crippen molar-refractivity contribution in [2.24, 2.45) is 0 Å². The maximum atomic E-state index is 5.99. The van der Waals surface area contributed by atoms with E-state index in [9.17, 15) is 0 Å². The molecule has 0 saturated heterocycles. The van der Waals surface area contributed by atoms with Gasteiger partial charge in [-0.15, -0.1) is 0 Å². The number of ether oxygens (including phenoxy) is 1. The Balaban J connectivity index is 1.88. The predicted octanol–water partition coefficient (Wildman–Crippen LogP) is 2.90. The van der Waals surface area contributed by atoms with E-state index in [-0.39, 0.29) is 0 Å². The topological polar surface area (TPSA) is 34.1 Å². The van der Waals surface area contributed by atoms with Crippen molar-refractivity contribution in [3.63, 3.8) is 0 Å². The zero-order valence-electron chi connectivity index (χ0n) is 10.6. The lowest BCUT2D eigenvalue weighted by Gasteiger charge is -2.16. The molecule has 1 aromatic rings. The number of hydrogen-bond acceptors (Lipinski definition) is 3. The number of nitrogens with one attached hydrogen (secondary N) is 1. The zero-order valence-corrected chi connectivity index (χ0v) is 10.6. The lowest BCUT2D eigenvalue weighted by Crippen LogP contribution is -2.15. The van der Waals surface area contributed by atoms with Crippen LogP contribution >= 0.6 is 0 Å². The Bertz CT molecular complexity index is 315. The maximum Gasteiger partial charge on any atom is 0.138 e. The van der Waals surface area contributed by atoms with Crippen LogP contribution in [0.5, 0.6) is 5.75 Å². The summed E-state index contributed by atoms with van der Waals surface area (Å²) in [4.78, 5) is 4.37. The van der Waals surface area contributed by atoms with Gasteiger partial charge in [0.15, 0.2) is 0 Å². The van der Waals surface area contributed by atoms with Crippen LogP contribution in [-0.4, -0.2) is 18.1 Å². The lowest BCUT2D eigenvalue weighted by atomic mass is 10.1. The minimum atomic E-state index is 0.398. The van der Waals surface area contributed by atoms with Crippen molar-refractivity contribution in [2.45, 2.75) is 51.2 Å². The first-order valence-corrected chi connectivity index (χ1v) is 6.64. The molecule has 0 amide bonds. The smallest absolute Gasteiger partial charge is 0.138 e. The molecular formula is C14H22N2O. The molecule has 94 valence electrons. The van der Waals surface area contributed by atoms with Gasteiger partial charge in [-0.05, 0) is 44.9 Å². The van der Waals surface area contributed by atoms with E-state index >= 15 is 0 Å². The highest BCUT2D eigenvalue weighted by Crippen LogP contribution is 2.22. The molecule has 3 heteroatoms. The summed E-state index contributed by atoms with van der Waals surface area (Å²) in [5.74, 6) is 0.914. The Morgan fingerprint density at radius 2 is 2.00 bits per heavy atom. The average Bonchev–Trinajstić information content (AvgIpc) is 2.61. The third-order valence-electron chi connectivity index (χ3n) is 3.26. The van der Waals surface area contributed by atoms with Gasteiger partial charge >= 0.3 is 0 Å². The molecule has 1 fully saturated rings. The molecule has 1 aliphatic carbocycles. The molecule has 1 heterocycles. The van der Waals surface area contributed by atoms with Crippen molar-refractivity contribution in [3.8, 4) is 5.75 Å². The van der Waals surface area contributed by atoms with Crippen molar-refractivity contribution in [2.75, 3.05) is 7.05 Å².